The molecule has 2 rings (SSSR count). The standard InChI is InChI=1S/C11H13N5O3S/c1-16(20(18,19)10-6-7-13-14-10)9-5-3-2-4-8(9)11(12)15-17/h2-7,17H,1H3,(H2,12,15)(H,13,14). The molecule has 0 saturated carbocycles. The molecular formula is C11H13N5O3S. The molecule has 0 bridgehead atoms. The summed E-state index contributed by atoms with van der Waals surface area (Å²) >= 11 is 0. The highest BCUT2D eigenvalue weighted by Crippen LogP contribution is 2.24. The lowest BCUT2D eigenvalue weighted by atomic mass is 10.1. The Bertz CT molecular complexity index is 724. The van der Waals surface area contributed by atoms with E-state index in [-0.39, 0.29) is 16.5 Å². The molecule has 0 saturated heterocycles. The van der Waals surface area contributed by atoms with Crippen LogP contribution in [0.3, 0.4) is 0 Å². The summed E-state index contributed by atoms with van der Waals surface area (Å²) < 4.78 is 25.8. The van der Waals surface area contributed by atoms with Gasteiger partial charge in [-0.2, -0.15) is 13.5 Å². The van der Waals surface area contributed by atoms with Gasteiger partial charge in [0.05, 0.1) is 11.9 Å². The van der Waals surface area contributed by atoms with Crippen molar-refractivity contribution in [3.63, 3.8) is 0 Å². The van der Waals surface area contributed by atoms with Crippen LogP contribution in [0.25, 0.3) is 0 Å². The number of aromatic nitrogens is 2. The summed E-state index contributed by atoms with van der Waals surface area (Å²) in [7, 11) is -2.42. The van der Waals surface area contributed by atoms with E-state index in [2.05, 4.69) is 15.4 Å². The molecule has 1 aromatic carbocycles. The van der Waals surface area contributed by atoms with E-state index >= 15 is 0 Å². The van der Waals surface area contributed by atoms with Crippen molar-refractivity contribution in [1.82, 2.24) is 10.2 Å². The van der Waals surface area contributed by atoms with Crippen LogP contribution in [-0.2, 0) is 10.0 Å². The van der Waals surface area contributed by atoms with Crippen molar-refractivity contribution < 1.29 is 13.6 Å². The zero-order valence-corrected chi connectivity index (χ0v) is 11.4. The molecule has 0 spiro atoms. The summed E-state index contributed by atoms with van der Waals surface area (Å²) in [5.41, 5.74) is 6.15. The Labute approximate surface area is 115 Å². The lowest BCUT2D eigenvalue weighted by Crippen LogP contribution is -2.29. The van der Waals surface area contributed by atoms with Gasteiger partial charge in [-0.1, -0.05) is 17.3 Å². The predicted octanol–water partition coefficient (Wildman–Crippen LogP) is 0.329. The molecule has 1 heterocycles. The smallest absolute Gasteiger partial charge is 0.281 e. The summed E-state index contributed by atoms with van der Waals surface area (Å²) in [4.78, 5) is 0. The zero-order valence-electron chi connectivity index (χ0n) is 10.6. The van der Waals surface area contributed by atoms with Gasteiger partial charge < -0.3 is 10.9 Å². The number of hydrogen-bond acceptors (Lipinski definition) is 5. The SMILES string of the molecule is CN(c1ccccc1/C(N)=N/O)S(=O)(=O)c1ccn[nH]1. The first-order valence-electron chi connectivity index (χ1n) is 5.53. The molecule has 0 atom stereocenters. The number of H-pyrrole nitrogens is 1. The van der Waals surface area contributed by atoms with Crippen LogP contribution < -0.4 is 10.0 Å². The number of amidine groups is 1. The minimum absolute atomic E-state index is 0.0469. The van der Waals surface area contributed by atoms with E-state index in [4.69, 9.17) is 10.9 Å². The Morgan fingerprint density at radius 1 is 1.40 bits per heavy atom. The number of para-hydroxylation sites is 1. The lowest BCUT2D eigenvalue weighted by molar-refractivity contribution is 0.318. The molecule has 0 fully saturated rings. The second-order valence-electron chi connectivity index (χ2n) is 3.90. The molecular weight excluding hydrogens is 282 g/mol. The number of nitrogens with two attached hydrogens (primary N) is 1. The molecule has 0 aliphatic heterocycles. The summed E-state index contributed by atoms with van der Waals surface area (Å²) in [5, 5.41) is 17.6. The highest BCUT2D eigenvalue weighted by Gasteiger charge is 2.25. The molecule has 0 unspecified atom stereocenters. The summed E-state index contributed by atoms with van der Waals surface area (Å²) in [5.74, 6) is -0.174. The maximum Gasteiger partial charge on any atom is 0.281 e. The van der Waals surface area contributed by atoms with Gasteiger partial charge in [-0.15, -0.1) is 0 Å². The minimum Gasteiger partial charge on any atom is -0.409 e. The summed E-state index contributed by atoms with van der Waals surface area (Å²) in [6.45, 7) is 0. The molecule has 106 valence electrons. The number of oxime groups is 1. The second kappa shape index (κ2) is 5.21. The van der Waals surface area contributed by atoms with Gasteiger partial charge in [-0.25, -0.2) is 0 Å². The van der Waals surface area contributed by atoms with Crippen LogP contribution in [-0.4, -0.2) is 36.7 Å². The maximum atomic E-state index is 12.4. The monoisotopic (exact) mass is 295 g/mol. The molecule has 4 N–H and O–H groups in total. The van der Waals surface area contributed by atoms with E-state index < -0.39 is 10.0 Å². The van der Waals surface area contributed by atoms with E-state index in [9.17, 15) is 8.42 Å². The molecule has 0 aliphatic carbocycles. The Balaban J connectivity index is 2.53. The highest BCUT2D eigenvalue weighted by molar-refractivity contribution is 7.92. The molecule has 0 radical (unpaired) electrons. The van der Waals surface area contributed by atoms with Crippen LogP contribution >= 0.6 is 0 Å². The third kappa shape index (κ3) is 2.30. The van der Waals surface area contributed by atoms with Crippen LogP contribution in [0.2, 0.25) is 0 Å². The van der Waals surface area contributed by atoms with E-state index in [1.165, 1.54) is 19.3 Å². The number of benzene rings is 1. The molecule has 0 amide bonds. The van der Waals surface area contributed by atoms with E-state index in [1.54, 1.807) is 24.3 Å². The Hall–Kier alpha value is -2.55. The van der Waals surface area contributed by atoms with E-state index in [1.807, 2.05) is 0 Å². The predicted molar refractivity (Wildman–Crippen MR) is 73.1 cm³/mol. The molecule has 20 heavy (non-hydrogen) atoms. The maximum absolute atomic E-state index is 12.4. The number of anilines is 1. The third-order valence-electron chi connectivity index (χ3n) is 2.74. The number of nitrogens with zero attached hydrogens (tertiary/aromatic N) is 3. The Kier molecular flexibility index (Phi) is 3.61. The van der Waals surface area contributed by atoms with Crippen molar-refractivity contribution in [3.8, 4) is 0 Å². The van der Waals surface area contributed by atoms with Crippen molar-refractivity contribution >= 4 is 21.5 Å². The average molecular weight is 295 g/mol. The Morgan fingerprint density at radius 2 is 2.10 bits per heavy atom. The number of hydrogen-bond donors (Lipinski definition) is 3. The molecule has 1 aromatic heterocycles. The normalized spacial score (nSPS) is 12.3. The first-order valence-corrected chi connectivity index (χ1v) is 6.97. The van der Waals surface area contributed by atoms with Crippen LogP contribution in [0.4, 0.5) is 5.69 Å². The van der Waals surface area contributed by atoms with Crippen molar-refractivity contribution in [2.45, 2.75) is 5.03 Å². The van der Waals surface area contributed by atoms with E-state index in [0.29, 0.717) is 5.56 Å². The molecule has 0 aliphatic rings. The van der Waals surface area contributed by atoms with Crippen LogP contribution in [0.1, 0.15) is 5.56 Å². The van der Waals surface area contributed by atoms with Gasteiger partial charge in [0.15, 0.2) is 10.9 Å². The number of sulfonamides is 1. The van der Waals surface area contributed by atoms with Crippen LogP contribution in [0, 0.1) is 0 Å². The molecule has 2 aromatic rings. The van der Waals surface area contributed by atoms with Gasteiger partial charge in [-0.05, 0) is 18.2 Å². The largest absolute Gasteiger partial charge is 0.409 e. The van der Waals surface area contributed by atoms with Gasteiger partial charge in [0.1, 0.15) is 0 Å². The van der Waals surface area contributed by atoms with Gasteiger partial charge >= 0.3 is 0 Å². The summed E-state index contributed by atoms with van der Waals surface area (Å²) in [6, 6.07) is 7.78. The van der Waals surface area contributed by atoms with Crippen molar-refractivity contribution in [2.24, 2.45) is 10.9 Å². The van der Waals surface area contributed by atoms with Gasteiger partial charge in [0.25, 0.3) is 10.0 Å². The van der Waals surface area contributed by atoms with Crippen molar-refractivity contribution in [1.29, 1.82) is 0 Å². The van der Waals surface area contributed by atoms with Gasteiger partial charge in [0, 0.05) is 12.6 Å². The van der Waals surface area contributed by atoms with Crippen molar-refractivity contribution in [2.75, 3.05) is 11.4 Å². The molecule has 8 nitrogen and oxygen atoms in total. The fourth-order valence-electron chi connectivity index (χ4n) is 1.68. The average Bonchev–Trinajstić information content (AvgIpc) is 3.00. The van der Waals surface area contributed by atoms with Gasteiger partial charge in [-0.3, -0.25) is 9.40 Å². The molecule has 9 heteroatoms. The van der Waals surface area contributed by atoms with Crippen LogP contribution in [0.5, 0.6) is 0 Å². The zero-order chi connectivity index (χ0) is 14.8. The number of nitrogens with one attached hydrogen (secondary N) is 1. The van der Waals surface area contributed by atoms with E-state index in [0.717, 1.165) is 4.31 Å². The van der Waals surface area contributed by atoms with Gasteiger partial charge in [0.2, 0.25) is 0 Å². The third-order valence-corrected chi connectivity index (χ3v) is 4.44. The lowest BCUT2D eigenvalue weighted by Gasteiger charge is -2.20. The highest BCUT2D eigenvalue weighted by atomic mass is 32.2. The Morgan fingerprint density at radius 3 is 2.70 bits per heavy atom. The first kappa shape index (κ1) is 13.9. The van der Waals surface area contributed by atoms with Crippen molar-refractivity contribution in [3.05, 3.63) is 42.1 Å². The number of aromatic amines is 1. The fraction of sp³-hybridized carbons (Fsp3) is 0.0909. The fourth-order valence-corrected chi connectivity index (χ4v) is 2.80. The number of rotatable bonds is 4. The summed E-state index contributed by atoms with van der Waals surface area (Å²) in [6.07, 6.45) is 1.34. The van der Waals surface area contributed by atoms with Crippen LogP contribution in [0.15, 0.2) is 46.7 Å². The first-order chi connectivity index (χ1) is 9.48. The minimum atomic E-state index is -3.79. The topological polar surface area (TPSA) is 125 Å². The quantitative estimate of drug-likeness (QED) is 0.324. The second-order valence-corrected chi connectivity index (χ2v) is 5.83.